The van der Waals surface area contributed by atoms with Gasteiger partial charge in [0.1, 0.15) is 11.8 Å². The fourth-order valence-corrected chi connectivity index (χ4v) is 4.55. The van der Waals surface area contributed by atoms with E-state index in [0.717, 1.165) is 17.9 Å². The summed E-state index contributed by atoms with van der Waals surface area (Å²) in [4.78, 5) is 28.5. The van der Waals surface area contributed by atoms with Gasteiger partial charge in [-0.05, 0) is 6.07 Å². The highest BCUT2D eigenvalue weighted by molar-refractivity contribution is 7.99. The van der Waals surface area contributed by atoms with Gasteiger partial charge in [-0.3, -0.25) is 9.59 Å². The summed E-state index contributed by atoms with van der Waals surface area (Å²) in [5.74, 6) is 2.04. The number of ether oxygens (including phenoxy) is 1. The van der Waals surface area contributed by atoms with Crippen LogP contribution in [0.25, 0.3) is 0 Å². The predicted molar refractivity (Wildman–Crippen MR) is 94.0 cm³/mol. The van der Waals surface area contributed by atoms with Gasteiger partial charge in [-0.15, -0.1) is 11.8 Å². The number of piperazine rings is 1. The van der Waals surface area contributed by atoms with Crippen LogP contribution in [0.3, 0.4) is 0 Å². The van der Waals surface area contributed by atoms with Crippen molar-refractivity contribution in [3.63, 3.8) is 0 Å². The number of benzene rings is 1. The Balaban J connectivity index is 1.87. The summed E-state index contributed by atoms with van der Waals surface area (Å²) in [7, 11) is 1.65. The molecule has 2 aliphatic rings. The van der Waals surface area contributed by atoms with Crippen LogP contribution in [0.2, 0.25) is 0 Å². The fourth-order valence-electron chi connectivity index (χ4n) is 3.34. The molecule has 2 saturated heterocycles. The molecule has 24 heavy (non-hydrogen) atoms. The molecule has 6 nitrogen and oxygen atoms in total. The molecule has 1 aromatic carbocycles. The smallest absolute Gasteiger partial charge is 0.246 e. The number of carbonyl (C=O) groups is 2. The zero-order valence-corrected chi connectivity index (χ0v) is 14.8. The second-order valence-electron chi connectivity index (χ2n) is 6.00. The number of rotatable bonds is 3. The monoisotopic (exact) mass is 349 g/mol. The molecular weight excluding hydrogens is 326 g/mol. The Labute approximate surface area is 146 Å². The molecule has 2 atom stereocenters. The lowest BCUT2D eigenvalue weighted by atomic mass is 10.0. The summed E-state index contributed by atoms with van der Waals surface area (Å²) in [6.07, 6.45) is 0. The summed E-state index contributed by atoms with van der Waals surface area (Å²) in [6, 6.07) is 7.37. The van der Waals surface area contributed by atoms with Gasteiger partial charge in [0.05, 0.1) is 19.0 Å². The van der Waals surface area contributed by atoms with Crippen LogP contribution < -0.4 is 10.1 Å². The standard InChI is InChI=1S/C17H23N3O3S/c1-12(21)20-11-24-10-15(20)17(22)19-8-7-18-9-14(19)13-5-3-4-6-16(13)23-2/h3-6,14-15,18H,7-11H2,1-2H3. The average Bonchev–Trinajstić information content (AvgIpc) is 3.11. The van der Waals surface area contributed by atoms with Crippen molar-refractivity contribution in [3.8, 4) is 5.75 Å². The van der Waals surface area contributed by atoms with E-state index < -0.39 is 0 Å². The van der Waals surface area contributed by atoms with E-state index in [1.807, 2.05) is 29.2 Å². The Kier molecular flexibility index (Phi) is 5.30. The SMILES string of the molecule is COc1ccccc1C1CNCCN1C(=O)C1CSCN1C(C)=O. The first-order valence-electron chi connectivity index (χ1n) is 8.12. The van der Waals surface area contributed by atoms with E-state index in [1.165, 1.54) is 6.92 Å². The van der Waals surface area contributed by atoms with Gasteiger partial charge in [0.25, 0.3) is 0 Å². The maximum atomic E-state index is 13.1. The summed E-state index contributed by atoms with van der Waals surface area (Å²) in [5.41, 5.74) is 1.00. The van der Waals surface area contributed by atoms with Crippen molar-refractivity contribution in [1.82, 2.24) is 15.1 Å². The maximum absolute atomic E-state index is 13.1. The van der Waals surface area contributed by atoms with E-state index >= 15 is 0 Å². The number of hydrogen-bond acceptors (Lipinski definition) is 5. The highest BCUT2D eigenvalue weighted by Crippen LogP contribution is 2.32. The van der Waals surface area contributed by atoms with Crippen LogP contribution in [0.1, 0.15) is 18.5 Å². The fraction of sp³-hybridized carbons (Fsp3) is 0.529. The Morgan fingerprint density at radius 3 is 2.83 bits per heavy atom. The largest absolute Gasteiger partial charge is 0.496 e. The molecule has 0 radical (unpaired) electrons. The first-order valence-corrected chi connectivity index (χ1v) is 9.28. The molecule has 0 aliphatic carbocycles. The third-order valence-corrected chi connectivity index (χ3v) is 5.61. The van der Waals surface area contributed by atoms with Gasteiger partial charge < -0.3 is 19.9 Å². The molecule has 0 spiro atoms. The van der Waals surface area contributed by atoms with E-state index in [2.05, 4.69) is 5.32 Å². The quantitative estimate of drug-likeness (QED) is 0.885. The van der Waals surface area contributed by atoms with Gasteiger partial charge in [-0.1, -0.05) is 18.2 Å². The lowest BCUT2D eigenvalue weighted by molar-refractivity contribution is -0.144. The first-order chi connectivity index (χ1) is 11.6. The Hall–Kier alpha value is -1.73. The second kappa shape index (κ2) is 7.44. The van der Waals surface area contributed by atoms with E-state index in [1.54, 1.807) is 23.8 Å². The van der Waals surface area contributed by atoms with Crippen molar-refractivity contribution in [1.29, 1.82) is 0 Å². The van der Waals surface area contributed by atoms with Crippen molar-refractivity contribution in [2.75, 3.05) is 38.4 Å². The van der Waals surface area contributed by atoms with Crippen LogP contribution in [-0.2, 0) is 9.59 Å². The molecule has 1 aromatic rings. The molecule has 0 bridgehead atoms. The molecule has 2 heterocycles. The van der Waals surface area contributed by atoms with Crippen molar-refractivity contribution in [3.05, 3.63) is 29.8 Å². The number of carbonyl (C=O) groups excluding carboxylic acids is 2. The van der Waals surface area contributed by atoms with Crippen LogP contribution in [0.4, 0.5) is 0 Å². The van der Waals surface area contributed by atoms with Crippen LogP contribution in [0.15, 0.2) is 24.3 Å². The van der Waals surface area contributed by atoms with Crippen LogP contribution in [0.5, 0.6) is 5.75 Å². The van der Waals surface area contributed by atoms with E-state index in [0.29, 0.717) is 24.7 Å². The van der Waals surface area contributed by atoms with Gasteiger partial charge in [-0.2, -0.15) is 0 Å². The summed E-state index contributed by atoms with van der Waals surface area (Å²) in [6.45, 7) is 3.61. The average molecular weight is 349 g/mol. The highest BCUT2D eigenvalue weighted by Gasteiger charge is 2.39. The second-order valence-corrected chi connectivity index (χ2v) is 7.00. The third kappa shape index (κ3) is 3.23. The lowest BCUT2D eigenvalue weighted by Crippen LogP contribution is -2.55. The predicted octanol–water partition coefficient (Wildman–Crippen LogP) is 1.09. The maximum Gasteiger partial charge on any atom is 0.246 e. The number of thioether (sulfide) groups is 1. The number of hydrogen-bond donors (Lipinski definition) is 1. The zero-order valence-electron chi connectivity index (χ0n) is 14.0. The Morgan fingerprint density at radius 2 is 2.08 bits per heavy atom. The minimum Gasteiger partial charge on any atom is -0.496 e. The molecule has 0 saturated carbocycles. The van der Waals surface area contributed by atoms with Gasteiger partial charge in [0, 0.05) is 37.9 Å². The van der Waals surface area contributed by atoms with E-state index in [4.69, 9.17) is 4.74 Å². The number of para-hydroxylation sites is 1. The van der Waals surface area contributed by atoms with E-state index in [9.17, 15) is 9.59 Å². The van der Waals surface area contributed by atoms with Crippen molar-refractivity contribution in [2.45, 2.75) is 19.0 Å². The number of amides is 2. The molecule has 0 aromatic heterocycles. The molecule has 7 heteroatoms. The van der Waals surface area contributed by atoms with Crippen molar-refractivity contribution < 1.29 is 14.3 Å². The summed E-state index contributed by atoms with van der Waals surface area (Å²) >= 11 is 1.63. The zero-order chi connectivity index (χ0) is 17.1. The Bertz CT molecular complexity index is 625. The molecule has 130 valence electrons. The molecule has 2 unspecified atom stereocenters. The van der Waals surface area contributed by atoms with Crippen molar-refractivity contribution >= 4 is 23.6 Å². The molecule has 2 amide bonds. The van der Waals surface area contributed by atoms with Gasteiger partial charge >= 0.3 is 0 Å². The highest BCUT2D eigenvalue weighted by atomic mass is 32.2. The van der Waals surface area contributed by atoms with Crippen LogP contribution in [-0.4, -0.2) is 66.0 Å². The number of methoxy groups -OCH3 is 1. The minimum absolute atomic E-state index is 0.0348. The molecular formula is C17H23N3O3S. The van der Waals surface area contributed by atoms with Crippen LogP contribution in [0, 0.1) is 0 Å². The van der Waals surface area contributed by atoms with Gasteiger partial charge in [0.15, 0.2) is 0 Å². The lowest BCUT2D eigenvalue weighted by Gasteiger charge is -2.39. The third-order valence-electron chi connectivity index (χ3n) is 4.60. The van der Waals surface area contributed by atoms with Gasteiger partial charge in [-0.25, -0.2) is 0 Å². The van der Waals surface area contributed by atoms with Gasteiger partial charge in [0.2, 0.25) is 11.8 Å². The van der Waals surface area contributed by atoms with Crippen LogP contribution >= 0.6 is 11.8 Å². The Morgan fingerprint density at radius 1 is 1.29 bits per heavy atom. The topological polar surface area (TPSA) is 61.9 Å². The number of nitrogens with one attached hydrogen (secondary N) is 1. The van der Waals surface area contributed by atoms with Crippen molar-refractivity contribution in [2.24, 2.45) is 0 Å². The minimum atomic E-state index is -0.359. The first kappa shape index (κ1) is 17.1. The molecule has 2 aliphatic heterocycles. The summed E-state index contributed by atoms with van der Waals surface area (Å²) < 4.78 is 5.48. The normalized spacial score (nSPS) is 24.1. The number of nitrogens with zero attached hydrogens (tertiary/aromatic N) is 2. The molecule has 3 rings (SSSR count). The molecule has 2 fully saturated rings. The summed E-state index contributed by atoms with van der Waals surface area (Å²) in [5, 5.41) is 3.36. The van der Waals surface area contributed by atoms with E-state index in [-0.39, 0.29) is 23.9 Å². The molecule has 1 N–H and O–H groups in total.